The van der Waals surface area contributed by atoms with Gasteiger partial charge in [0.15, 0.2) is 10.8 Å². The number of thiazole rings is 1. The van der Waals surface area contributed by atoms with Crippen LogP contribution in [-0.2, 0) is 24.0 Å². The number of nitrogens with two attached hydrogens (primary N) is 1. The van der Waals surface area contributed by atoms with Gasteiger partial charge in [0.1, 0.15) is 36.0 Å². The van der Waals surface area contributed by atoms with Crippen molar-refractivity contribution in [1.29, 1.82) is 0 Å². The van der Waals surface area contributed by atoms with Crippen LogP contribution in [0.3, 0.4) is 0 Å². The third kappa shape index (κ3) is 4.94. The highest BCUT2D eigenvalue weighted by molar-refractivity contribution is 8.00. The van der Waals surface area contributed by atoms with Crippen molar-refractivity contribution in [2.75, 3.05) is 31.7 Å². The molecule has 1 saturated carbocycles. The first-order chi connectivity index (χ1) is 16.3. The number of anilines is 1. The zero-order valence-corrected chi connectivity index (χ0v) is 19.6. The molecule has 0 aromatic carbocycles. The number of rotatable bonds is 9. The van der Waals surface area contributed by atoms with Crippen molar-refractivity contribution < 1.29 is 33.9 Å². The molecule has 0 spiro atoms. The maximum Gasteiger partial charge on any atom is 0.407 e. The van der Waals surface area contributed by atoms with Gasteiger partial charge in [0.25, 0.3) is 11.8 Å². The molecule has 3 aliphatic rings. The Morgan fingerprint density at radius 3 is 2.76 bits per heavy atom. The number of carboxylic acids is 1. The van der Waals surface area contributed by atoms with E-state index in [0.29, 0.717) is 12.5 Å². The molecule has 4 rings (SSSR count). The van der Waals surface area contributed by atoms with Crippen LogP contribution in [0, 0.1) is 5.92 Å². The number of hydrogen-bond acceptors (Lipinski definition) is 11. The second-order valence-electron chi connectivity index (χ2n) is 7.69. The Kier molecular flexibility index (Phi) is 6.92. The SMILES string of the molecule is CNC(=O)OCC1=C(C(=O)O)N2C(=O)[C@@H](NC(=O)C(=NOCC3CC3)c3csc(N)n3)[C@H]2SC1. The molecule has 1 aromatic heterocycles. The van der Waals surface area contributed by atoms with Gasteiger partial charge in [-0.25, -0.2) is 14.6 Å². The fourth-order valence-electron chi connectivity index (χ4n) is 3.32. The van der Waals surface area contributed by atoms with E-state index in [2.05, 4.69) is 20.8 Å². The average molecular weight is 511 g/mol. The van der Waals surface area contributed by atoms with Crippen LogP contribution >= 0.6 is 23.1 Å². The zero-order chi connectivity index (χ0) is 24.4. The number of β-lactam (4-membered cyclic amide) rings is 1. The Balaban J connectivity index is 1.47. The van der Waals surface area contributed by atoms with E-state index < -0.39 is 35.3 Å². The maximum absolute atomic E-state index is 13.0. The van der Waals surface area contributed by atoms with Crippen molar-refractivity contribution in [3.05, 3.63) is 22.3 Å². The lowest BCUT2D eigenvalue weighted by molar-refractivity contribution is -0.150. The Morgan fingerprint density at radius 1 is 1.38 bits per heavy atom. The van der Waals surface area contributed by atoms with Crippen LogP contribution in [0.1, 0.15) is 18.5 Å². The summed E-state index contributed by atoms with van der Waals surface area (Å²) in [5, 5.41) is 19.6. The quantitative estimate of drug-likeness (QED) is 0.199. The summed E-state index contributed by atoms with van der Waals surface area (Å²) < 4.78 is 4.95. The highest BCUT2D eigenvalue weighted by Gasteiger charge is 2.54. The van der Waals surface area contributed by atoms with Gasteiger partial charge in [0, 0.05) is 23.8 Å². The van der Waals surface area contributed by atoms with Gasteiger partial charge < -0.3 is 31.0 Å². The number of carbonyl (C=O) groups excluding carboxylic acids is 3. The van der Waals surface area contributed by atoms with E-state index in [0.717, 1.165) is 29.1 Å². The Labute approximate surface area is 201 Å². The molecule has 2 fully saturated rings. The Hall–Kier alpha value is -3.33. The number of nitrogens with one attached hydrogen (secondary N) is 2. The zero-order valence-electron chi connectivity index (χ0n) is 18.0. The molecule has 2 atom stereocenters. The number of nitrogens with zero attached hydrogens (tertiary/aromatic N) is 3. The van der Waals surface area contributed by atoms with Gasteiger partial charge in [-0.15, -0.1) is 23.1 Å². The van der Waals surface area contributed by atoms with E-state index >= 15 is 0 Å². The standard InChI is InChI=1S/C19H22N6O7S2/c1-21-19(30)31-5-9-6-33-16-12(15(27)25(16)13(9)17(28)29)23-14(26)11(10-7-34-18(20)22-10)24-32-4-8-2-3-8/h7-8,12,16H,2-6H2,1H3,(H2,20,22)(H,21,30)(H,23,26)(H,28,29)/t12-,16-/m1/s1. The maximum atomic E-state index is 13.0. The average Bonchev–Trinajstić information content (AvgIpc) is 3.55. The molecule has 0 bridgehead atoms. The summed E-state index contributed by atoms with van der Waals surface area (Å²) >= 11 is 2.38. The molecule has 3 amide bonds. The van der Waals surface area contributed by atoms with Crippen LogP contribution in [0.4, 0.5) is 9.93 Å². The van der Waals surface area contributed by atoms with Crippen LogP contribution in [-0.4, -0.2) is 82.0 Å². The molecule has 3 heterocycles. The van der Waals surface area contributed by atoms with Crippen LogP contribution in [0.15, 0.2) is 21.8 Å². The predicted molar refractivity (Wildman–Crippen MR) is 122 cm³/mol. The number of thioether (sulfide) groups is 1. The lowest BCUT2D eigenvalue weighted by Gasteiger charge is -2.49. The lowest BCUT2D eigenvalue weighted by atomic mass is 10.0. The molecule has 5 N–H and O–H groups in total. The number of aromatic nitrogens is 1. The van der Waals surface area contributed by atoms with Gasteiger partial charge >= 0.3 is 12.1 Å². The van der Waals surface area contributed by atoms with Gasteiger partial charge in [0.05, 0.1) is 0 Å². The number of fused-ring (bicyclic) bond motifs is 1. The number of ether oxygens (including phenoxy) is 1. The molecule has 0 radical (unpaired) electrons. The fraction of sp³-hybridized carbons (Fsp3) is 0.474. The first-order valence-corrected chi connectivity index (χ1v) is 12.2. The third-order valence-corrected chi connectivity index (χ3v) is 7.27. The van der Waals surface area contributed by atoms with Crippen molar-refractivity contribution in [3.63, 3.8) is 0 Å². The molecule has 1 aromatic rings. The molecular weight excluding hydrogens is 488 g/mol. The van der Waals surface area contributed by atoms with E-state index in [1.54, 1.807) is 5.38 Å². The van der Waals surface area contributed by atoms with Crippen molar-refractivity contribution in [3.8, 4) is 0 Å². The Bertz CT molecular complexity index is 1080. The fourth-order valence-corrected chi connectivity index (χ4v) is 5.20. The van der Waals surface area contributed by atoms with Crippen molar-refractivity contribution in [2.45, 2.75) is 24.3 Å². The van der Waals surface area contributed by atoms with Gasteiger partial charge in [0.2, 0.25) is 0 Å². The number of aliphatic carboxylic acids is 1. The van der Waals surface area contributed by atoms with Crippen LogP contribution < -0.4 is 16.4 Å². The number of amides is 3. The number of carbonyl (C=O) groups is 4. The highest BCUT2D eigenvalue weighted by atomic mass is 32.2. The summed E-state index contributed by atoms with van der Waals surface area (Å²) in [6.07, 6.45) is 1.37. The van der Waals surface area contributed by atoms with Crippen molar-refractivity contribution >= 4 is 57.8 Å². The summed E-state index contributed by atoms with van der Waals surface area (Å²) in [5.41, 5.74) is 5.81. The van der Waals surface area contributed by atoms with Crippen LogP contribution in [0.2, 0.25) is 0 Å². The first-order valence-electron chi connectivity index (χ1n) is 10.3. The summed E-state index contributed by atoms with van der Waals surface area (Å²) in [4.78, 5) is 59.5. The smallest absolute Gasteiger partial charge is 0.407 e. The summed E-state index contributed by atoms with van der Waals surface area (Å²) in [5.74, 6) is -2.00. The first kappa shape index (κ1) is 23.8. The van der Waals surface area contributed by atoms with Gasteiger partial charge in [-0.1, -0.05) is 5.16 Å². The molecule has 2 aliphatic heterocycles. The molecule has 182 valence electrons. The molecule has 15 heteroatoms. The van der Waals surface area contributed by atoms with E-state index in [-0.39, 0.29) is 40.2 Å². The summed E-state index contributed by atoms with van der Waals surface area (Å²) in [6.45, 7) is 0.0981. The molecule has 1 aliphatic carbocycles. The summed E-state index contributed by atoms with van der Waals surface area (Å²) in [7, 11) is 1.38. The predicted octanol–water partition coefficient (Wildman–Crippen LogP) is -0.0494. The largest absolute Gasteiger partial charge is 0.477 e. The van der Waals surface area contributed by atoms with E-state index in [1.165, 1.54) is 18.8 Å². The number of carboxylic acid groups (broad SMARTS) is 1. The highest BCUT2D eigenvalue weighted by Crippen LogP contribution is 2.40. The second-order valence-corrected chi connectivity index (χ2v) is 9.69. The monoisotopic (exact) mass is 510 g/mol. The van der Waals surface area contributed by atoms with Crippen molar-refractivity contribution in [1.82, 2.24) is 20.5 Å². The van der Waals surface area contributed by atoms with Crippen LogP contribution in [0.25, 0.3) is 0 Å². The molecule has 34 heavy (non-hydrogen) atoms. The van der Waals surface area contributed by atoms with E-state index in [4.69, 9.17) is 15.3 Å². The minimum Gasteiger partial charge on any atom is -0.477 e. The number of nitrogen functional groups attached to an aromatic ring is 1. The van der Waals surface area contributed by atoms with Gasteiger partial charge in [-0.2, -0.15) is 0 Å². The van der Waals surface area contributed by atoms with E-state index in [9.17, 15) is 24.3 Å². The molecule has 0 unspecified atom stereocenters. The minimum atomic E-state index is -1.33. The normalized spacial score (nSPS) is 22.0. The van der Waals surface area contributed by atoms with Crippen molar-refractivity contribution in [2.24, 2.45) is 11.1 Å². The van der Waals surface area contributed by atoms with E-state index in [1.807, 2.05) is 0 Å². The minimum absolute atomic E-state index is 0.116. The lowest BCUT2D eigenvalue weighted by Crippen LogP contribution is -2.71. The second kappa shape index (κ2) is 9.89. The molecule has 1 saturated heterocycles. The third-order valence-electron chi connectivity index (χ3n) is 5.26. The number of hydrogen-bond donors (Lipinski definition) is 4. The molecular formula is C19H22N6O7S2. The van der Waals surface area contributed by atoms with Gasteiger partial charge in [-0.05, 0) is 18.8 Å². The number of oxime groups is 1. The molecule has 13 nitrogen and oxygen atoms in total. The van der Waals surface area contributed by atoms with Gasteiger partial charge in [-0.3, -0.25) is 14.5 Å². The summed E-state index contributed by atoms with van der Waals surface area (Å²) in [6, 6.07) is -0.974. The Morgan fingerprint density at radius 2 is 2.15 bits per heavy atom. The van der Waals surface area contributed by atoms with Crippen LogP contribution in [0.5, 0.6) is 0 Å². The topological polar surface area (TPSA) is 186 Å². The number of alkyl carbamates (subject to hydrolysis) is 1.